The largest absolute Gasteiger partial charge is 0.490 e. The molecule has 30 heavy (non-hydrogen) atoms. The molecule has 7 nitrogen and oxygen atoms in total. The zero-order chi connectivity index (χ0) is 21.3. The van der Waals surface area contributed by atoms with Gasteiger partial charge in [-0.3, -0.25) is 10.1 Å². The van der Waals surface area contributed by atoms with Gasteiger partial charge in [-0.1, -0.05) is 24.2 Å². The van der Waals surface area contributed by atoms with E-state index in [1.54, 1.807) is 30.0 Å². The number of nitrogens with zero attached hydrogens (tertiary/aromatic N) is 2. The van der Waals surface area contributed by atoms with Gasteiger partial charge in [0.25, 0.3) is 5.91 Å². The van der Waals surface area contributed by atoms with Crippen molar-refractivity contribution in [2.45, 2.75) is 32.1 Å². The number of thioether (sulfide) groups is 1. The van der Waals surface area contributed by atoms with Gasteiger partial charge in [0.1, 0.15) is 0 Å². The summed E-state index contributed by atoms with van der Waals surface area (Å²) in [5, 5.41) is 10.6. The van der Waals surface area contributed by atoms with E-state index in [0.717, 1.165) is 11.3 Å². The lowest BCUT2D eigenvalue weighted by atomic mass is 10.1. The van der Waals surface area contributed by atoms with Gasteiger partial charge < -0.3 is 13.9 Å². The molecule has 0 spiro atoms. The first-order chi connectivity index (χ1) is 14.6. The van der Waals surface area contributed by atoms with Gasteiger partial charge >= 0.3 is 6.01 Å². The molecule has 0 aliphatic carbocycles. The quantitative estimate of drug-likeness (QED) is 0.464. The van der Waals surface area contributed by atoms with E-state index in [1.165, 1.54) is 4.90 Å². The van der Waals surface area contributed by atoms with Crippen LogP contribution in [0, 0.1) is 0 Å². The number of hydrogen-bond donors (Lipinski definition) is 1. The van der Waals surface area contributed by atoms with Gasteiger partial charge in [-0.05, 0) is 55.5 Å². The van der Waals surface area contributed by atoms with E-state index in [-0.39, 0.29) is 11.9 Å². The third-order valence-electron chi connectivity index (χ3n) is 4.08. The van der Waals surface area contributed by atoms with Crippen LogP contribution in [0.25, 0.3) is 0 Å². The van der Waals surface area contributed by atoms with E-state index in [1.807, 2.05) is 26.0 Å². The smallest absolute Gasteiger partial charge is 0.322 e. The lowest BCUT2D eigenvalue weighted by Crippen LogP contribution is -2.12. The number of anilines is 1. The third-order valence-corrected chi connectivity index (χ3v) is 4.98. The molecule has 0 saturated heterocycles. The van der Waals surface area contributed by atoms with Crippen LogP contribution in [0.5, 0.6) is 11.5 Å². The van der Waals surface area contributed by atoms with Crippen molar-refractivity contribution in [2.75, 3.05) is 24.3 Å². The SMILES string of the molecule is CCOc1ccc(C(=O)Nc2nnc(Cc3ccc(SCC)cc3)o2)cc1OCC. The molecule has 0 saturated carbocycles. The summed E-state index contributed by atoms with van der Waals surface area (Å²) >= 11 is 1.79. The maximum Gasteiger partial charge on any atom is 0.322 e. The Kier molecular flexibility index (Phi) is 7.73. The number of rotatable bonds is 10. The van der Waals surface area contributed by atoms with E-state index in [2.05, 4.69) is 34.6 Å². The van der Waals surface area contributed by atoms with Gasteiger partial charge in [0.05, 0.1) is 19.6 Å². The van der Waals surface area contributed by atoms with Crippen LogP contribution < -0.4 is 14.8 Å². The normalized spacial score (nSPS) is 10.6. The van der Waals surface area contributed by atoms with Gasteiger partial charge in [-0.2, -0.15) is 0 Å². The highest BCUT2D eigenvalue weighted by Crippen LogP contribution is 2.29. The van der Waals surface area contributed by atoms with Crippen LogP contribution in [0.2, 0.25) is 0 Å². The third kappa shape index (κ3) is 5.76. The molecular formula is C22H25N3O4S. The van der Waals surface area contributed by atoms with Crippen LogP contribution in [0.15, 0.2) is 51.8 Å². The molecular weight excluding hydrogens is 402 g/mol. The molecule has 1 N–H and O–H groups in total. The fraction of sp³-hybridized carbons (Fsp3) is 0.318. The van der Waals surface area contributed by atoms with Crippen LogP contribution in [-0.4, -0.2) is 35.1 Å². The van der Waals surface area contributed by atoms with Crippen LogP contribution >= 0.6 is 11.8 Å². The minimum absolute atomic E-state index is 0.0556. The van der Waals surface area contributed by atoms with E-state index in [0.29, 0.717) is 42.6 Å². The average molecular weight is 428 g/mol. The second-order valence-corrected chi connectivity index (χ2v) is 7.57. The number of hydrogen-bond acceptors (Lipinski definition) is 7. The van der Waals surface area contributed by atoms with Crippen molar-refractivity contribution in [1.82, 2.24) is 10.2 Å². The van der Waals surface area contributed by atoms with Crippen molar-refractivity contribution in [3.8, 4) is 11.5 Å². The molecule has 8 heteroatoms. The van der Waals surface area contributed by atoms with Crippen molar-refractivity contribution >= 4 is 23.7 Å². The highest BCUT2D eigenvalue weighted by Gasteiger charge is 2.15. The first-order valence-corrected chi connectivity index (χ1v) is 10.9. The Morgan fingerprint density at radius 2 is 1.73 bits per heavy atom. The van der Waals surface area contributed by atoms with Crippen molar-refractivity contribution in [3.05, 3.63) is 59.5 Å². The summed E-state index contributed by atoms with van der Waals surface area (Å²) in [6, 6.07) is 13.3. The molecule has 1 amide bonds. The Labute approximate surface area is 180 Å². The molecule has 0 fully saturated rings. The molecule has 0 radical (unpaired) electrons. The van der Waals surface area contributed by atoms with Gasteiger partial charge in [-0.15, -0.1) is 16.9 Å². The first-order valence-electron chi connectivity index (χ1n) is 9.88. The maximum absolute atomic E-state index is 12.6. The van der Waals surface area contributed by atoms with E-state index in [9.17, 15) is 4.79 Å². The highest BCUT2D eigenvalue weighted by atomic mass is 32.2. The van der Waals surface area contributed by atoms with Crippen molar-refractivity contribution in [3.63, 3.8) is 0 Å². The standard InChI is InChI=1S/C22H25N3O4S/c1-4-27-18-12-9-16(14-19(18)28-5-2)21(26)23-22-25-24-20(29-22)13-15-7-10-17(11-8-15)30-6-3/h7-12,14H,4-6,13H2,1-3H3,(H,23,25,26). The topological polar surface area (TPSA) is 86.5 Å². The number of nitrogens with one attached hydrogen (secondary N) is 1. The predicted molar refractivity (Wildman–Crippen MR) is 117 cm³/mol. The fourth-order valence-corrected chi connectivity index (χ4v) is 3.44. The summed E-state index contributed by atoms with van der Waals surface area (Å²) in [7, 11) is 0. The van der Waals surface area contributed by atoms with E-state index in [4.69, 9.17) is 13.9 Å². The van der Waals surface area contributed by atoms with E-state index >= 15 is 0 Å². The van der Waals surface area contributed by atoms with Gasteiger partial charge in [0.2, 0.25) is 5.89 Å². The molecule has 0 aliphatic rings. The summed E-state index contributed by atoms with van der Waals surface area (Å²) in [6.45, 7) is 6.87. The second kappa shape index (κ2) is 10.7. The lowest BCUT2D eigenvalue weighted by Gasteiger charge is -2.11. The number of carbonyl (C=O) groups is 1. The van der Waals surface area contributed by atoms with Crippen LogP contribution in [-0.2, 0) is 6.42 Å². The Hall–Kier alpha value is -3.00. The molecule has 0 aliphatic heterocycles. The molecule has 3 rings (SSSR count). The van der Waals surface area contributed by atoms with Crippen molar-refractivity contribution < 1.29 is 18.7 Å². The Bertz CT molecular complexity index is 973. The first kappa shape index (κ1) is 21.7. The van der Waals surface area contributed by atoms with E-state index < -0.39 is 0 Å². The summed E-state index contributed by atoms with van der Waals surface area (Å²) < 4.78 is 16.7. The van der Waals surface area contributed by atoms with Crippen molar-refractivity contribution in [2.24, 2.45) is 0 Å². The summed E-state index contributed by atoms with van der Waals surface area (Å²) in [5.74, 6) is 2.22. The maximum atomic E-state index is 12.6. The number of carbonyl (C=O) groups excluding carboxylic acids is 1. The Balaban J connectivity index is 1.65. The molecule has 2 aromatic carbocycles. The highest BCUT2D eigenvalue weighted by molar-refractivity contribution is 7.99. The van der Waals surface area contributed by atoms with Crippen LogP contribution in [0.1, 0.15) is 42.6 Å². The molecule has 0 bridgehead atoms. The second-order valence-electron chi connectivity index (χ2n) is 6.24. The van der Waals surface area contributed by atoms with Gasteiger partial charge in [0.15, 0.2) is 11.5 Å². The summed E-state index contributed by atoms with van der Waals surface area (Å²) in [6.07, 6.45) is 0.498. The number of aromatic nitrogens is 2. The van der Waals surface area contributed by atoms with Gasteiger partial charge in [-0.25, -0.2) is 0 Å². The molecule has 0 unspecified atom stereocenters. The fourth-order valence-electron chi connectivity index (χ4n) is 2.78. The molecule has 3 aromatic rings. The number of amides is 1. The predicted octanol–water partition coefficient (Wildman–Crippen LogP) is 4.82. The van der Waals surface area contributed by atoms with Crippen LogP contribution in [0.4, 0.5) is 6.01 Å². The zero-order valence-electron chi connectivity index (χ0n) is 17.3. The Morgan fingerprint density at radius 1 is 1.00 bits per heavy atom. The van der Waals surface area contributed by atoms with Gasteiger partial charge in [0, 0.05) is 10.5 Å². The average Bonchev–Trinajstić information content (AvgIpc) is 3.18. The van der Waals surface area contributed by atoms with Crippen molar-refractivity contribution in [1.29, 1.82) is 0 Å². The minimum atomic E-state index is -0.366. The monoisotopic (exact) mass is 427 g/mol. The lowest BCUT2D eigenvalue weighted by molar-refractivity contribution is 0.102. The number of benzene rings is 2. The zero-order valence-corrected chi connectivity index (χ0v) is 18.1. The molecule has 0 atom stereocenters. The molecule has 1 heterocycles. The van der Waals surface area contributed by atoms with Crippen LogP contribution in [0.3, 0.4) is 0 Å². The number of ether oxygens (including phenoxy) is 2. The Morgan fingerprint density at radius 3 is 2.43 bits per heavy atom. The summed E-state index contributed by atoms with van der Waals surface area (Å²) in [4.78, 5) is 13.8. The molecule has 1 aromatic heterocycles. The summed E-state index contributed by atoms with van der Waals surface area (Å²) in [5.41, 5.74) is 1.47. The minimum Gasteiger partial charge on any atom is -0.490 e. The molecule has 158 valence electrons.